The van der Waals surface area contributed by atoms with Crippen LogP contribution in [0.15, 0.2) is 53.3 Å². The molecule has 1 aliphatic heterocycles. The van der Waals surface area contributed by atoms with E-state index in [1.54, 1.807) is 54.3 Å². The number of aliphatic hydroxyl groups is 1. The number of piperazine rings is 1. The standard InChI is InChI=1S/C25H26ClFN4O3/c1-17-20(9-14-32)25(34)31(24(28-17)18-5-4-6-19(26)15-18)16-23(33)30-12-10-29(11-13-30)22-8-3-2-7-21(22)27/h2-8,15,32H,9-14,16H2,1H3. The molecule has 2 heterocycles. The van der Waals surface area contributed by atoms with Gasteiger partial charge in [-0.2, -0.15) is 0 Å². The van der Waals surface area contributed by atoms with Crippen LogP contribution in [0.4, 0.5) is 10.1 Å². The number of carbonyl (C=O) groups is 1. The van der Waals surface area contributed by atoms with Crippen LogP contribution in [0.5, 0.6) is 0 Å². The molecule has 2 aromatic carbocycles. The first kappa shape index (κ1) is 23.9. The number of halogens is 2. The van der Waals surface area contributed by atoms with Gasteiger partial charge in [-0.15, -0.1) is 0 Å². The second kappa shape index (κ2) is 10.4. The molecule has 7 nitrogen and oxygen atoms in total. The Morgan fingerprint density at radius 3 is 2.53 bits per heavy atom. The van der Waals surface area contributed by atoms with Gasteiger partial charge in [0.1, 0.15) is 18.2 Å². The zero-order chi connectivity index (χ0) is 24.2. The lowest BCUT2D eigenvalue weighted by Crippen LogP contribution is -2.50. The minimum absolute atomic E-state index is 0.156. The number of carbonyl (C=O) groups excluding carboxylic acids is 1. The maximum atomic E-state index is 14.1. The van der Waals surface area contributed by atoms with Gasteiger partial charge in [0, 0.05) is 61.1 Å². The molecule has 178 valence electrons. The highest BCUT2D eigenvalue weighted by molar-refractivity contribution is 6.30. The number of hydrogen-bond acceptors (Lipinski definition) is 5. The Kier molecular flexibility index (Phi) is 7.29. The smallest absolute Gasteiger partial charge is 0.257 e. The highest BCUT2D eigenvalue weighted by Gasteiger charge is 2.25. The van der Waals surface area contributed by atoms with E-state index in [9.17, 15) is 19.1 Å². The monoisotopic (exact) mass is 484 g/mol. The van der Waals surface area contributed by atoms with E-state index < -0.39 is 0 Å². The Balaban J connectivity index is 1.59. The van der Waals surface area contributed by atoms with Crippen molar-refractivity contribution in [2.24, 2.45) is 0 Å². The van der Waals surface area contributed by atoms with Crippen molar-refractivity contribution < 1.29 is 14.3 Å². The predicted octanol–water partition coefficient (Wildman–Crippen LogP) is 2.89. The van der Waals surface area contributed by atoms with Crippen LogP contribution in [-0.2, 0) is 17.8 Å². The zero-order valence-corrected chi connectivity index (χ0v) is 19.6. The van der Waals surface area contributed by atoms with E-state index in [0.29, 0.717) is 59.5 Å². The summed E-state index contributed by atoms with van der Waals surface area (Å²) in [5, 5.41) is 9.90. The molecular weight excluding hydrogens is 459 g/mol. The number of para-hydroxylation sites is 1. The van der Waals surface area contributed by atoms with E-state index in [1.807, 2.05) is 4.90 Å². The van der Waals surface area contributed by atoms with E-state index >= 15 is 0 Å². The van der Waals surface area contributed by atoms with Crippen LogP contribution in [0.3, 0.4) is 0 Å². The molecule has 9 heteroatoms. The Hall–Kier alpha value is -3.23. The highest BCUT2D eigenvalue weighted by atomic mass is 35.5. The molecule has 0 bridgehead atoms. The third kappa shape index (κ3) is 4.98. The number of amides is 1. The lowest BCUT2D eigenvalue weighted by molar-refractivity contribution is -0.132. The summed E-state index contributed by atoms with van der Waals surface area (Å²) in [5.74, 6) is -0.161. The van der Waals surface area contributed by atoms with Gasteiger partial charge in [-0.1, -0.05) is 35.9 Å². The van der Waals surface area contributed by atoms with Gasteiger partial charge in [-0.05, 0) is 31.2 Å². The molecule has 0 spiro atoms. The van der Waals surface area contributed by atoms with Crippen LogP contribution in [0.2, 0.25) is 5.02 Å². The lowest BCUT2D eigenvalue weighted by Gasteiger charge is -2.36. The largest absolute Gasteiger partial charge is 0.396 e. The molecule has 0 aliphatic carbocycles. The van der Waals surface area contributed by atoms with E-state index in [0.717, 1.165) is 0 Å². The van der Waals surface area contributed by atoms with Crippen molar-refractivity contribution in [1.29, 1.82) is 0 Å². The fourth-order valence-electron chi connectivity index (χ4n) is 4.24. The first-order valence-electron chi connectivity index (χ1n) is 11.1. The van der Waals surface area contributed by atoms with E-state index in [4.69, 9.17) is 11.6 Å². The Morgan fingerprint density at radius 2 is 1.85 bits per heavy atom. The molecule has 1 amide bonds. The van der Waals surface area contributed by atoms with Gasteiger partial charge in [0.15, 0.2) is 0 Å². The Morgan fingerprint density at radius 1 is 1.12 bits per heavy atom. The van der Waals surface area contributed by atoms with Gasteiger partial charge in [-0.25, -0.2) is 9.37 Å². The van der Waals surface area contributed by atoms with E-state index in [1.165, 1.54) is 10.6 Å². The molecule has 34 heavy (non-hydrogen) atoms. The van der Waals surface area contributed by atoms with Gasteiger partial charge in [0.05, 0.1) is 5.69 Å². The summed E-state index contributed by atoms with van der Waals surface area (Å²) in [6.45, 7) is 3.14. The molecule has 0 atom stereocenters. The van der Waals surface area contributed by atoms with Crippen LogP contribution >= 0.6 is 11.6 Å². The second-order valence-electron chi connectivity index (χ2n) is 8.19. The number of nitrogens with zero attached hydrogens (tertiary/aromatic N) is 4. The maximum Gasteiger partial charge on any atom is 0.257 e. The van der Waals surface area contributed by atoms with Gasteiger partial charge < -0.3 is 14.9 Å². The van der Waals surface area contributed by atoms with Crippen LogP contribution in [0.25, 0.3) is 11.4 Å². The molecule has 1 aliphatic rings. The van der Waals surface area contributed by atoms with Crippen LogP contribution in [0.1, 0.15) is 11.3 Å². The summed E-state index contributed by atoms with van der Waals surface area (Å²) in [6.07, 6.45) is 0.156. The summed E-state index contributed by atoms with van der Waals surface area (Å²) >= 11 is 6.16. The average Bonchev–Trinajstić information content (AvgIpc) is 2.83. The van der Waals surface area contributed by atoms with Crippen molar-refractivity contribution in [2.75, 3.05) is 37.7 Å². The number of benzene rings is 2. The first-order chi connectivity index (χ1) is 16.4. The SMILES string of the molecule is Cc1nc(-c2cccc(Cl)c2)n(CC(=O)N2CCN(c3ccccc3F)CC2)c(=O)c1CCO. The summed E-state index contributed by atoms with van der Waals surface area (Å²) < 4.78 is 15.5. The molecule has 0 radical (unpaired) electrons. The Labute approximate surface area is 202 Å². The highest BCUT2D eigenvalue weighted by Crippen LogP contribution is 2.23. The molecule has 4 rings (SSSR count). The van der Waals surface area contributed by atoms with Gasteiger partial charge in [0.25, 0.3) is 5.56 Å². The van der Waals surface area contributed by atoms with Crippen LogP contribution in [-0.4, -0.2) is 58.3 Å². The number of aryl methyl sites for hydroxylation is 1. The topological polar surface area (TPSA) is 78.7 Å². The van der Waals surface area contributed by atoms with Crippen molar-refractivity contribution in [3.63, 3.8) is 0 Å². The van der Waals surface area contributed by atoms with E-state index in [2.05, 4.69) is 4.98 Å². The summed E-state index contributed by atoms with van der Waals surface area (Å²) in [7, 11) is 0. The second-order valence-corrected chi connectivity index (χ2v) is 8.63. The van der Waals surface area contributed by atoms with Crippen molar-refractivity contribution >= 4 is 23.2 Å². The minimum atomic E-state index is -0.352. The number of aromatic nitrogens is 2. The third-order valence-electron chi connectivity index (χ3n) is 6.03. The molecule has 1 aromatic heterocycles. The van der Waals surface area contributed by atoms with Crippen LogP contribution < -0.4 is 10.5 Å². The zero-order valence-electron chi connectivity index (χ0n) is 18.9. The van der Waals surface area contributed by atoms with Crippen molar-refractivity contribution in [2.45, 2.75) is 19.9 Å². The lowest BCUT2D eigenvalue weighted by atomic mass is 10.1. The summed E-state index contributed by atoms with van der Waals surface area (Å²) in [4.78, 5) is 34.7. The normalized spacial score (nSPS) is 13.9. The number of rotatable bonds is 6. The molecule has 0 saturated carbocycles. The Bertz CT molecular complexity index is 1260. The van der Waals surface area contributed by atoms with Crippen molar-refractivity contribution in [3.8, 4) is 11.4 Å². The van der Waals surface area contributed by atoms with Crippen LogP contribution in [0, 0.1) is 12.7 Å². The molecule has 3 aromatic rings. The maximum absolute atomic E-state index is 14.1. The van der Waals surface area contributed by atoms with Gasteiger partial charge >= 0.3 is 0 Å². The molecular formula is C25H26ClFN4O3. The number of aliphatic hydroxyl groups excluding tert-OH is 1. The number of hydrogen-bond donors (Lipinski definition) is 1. The molecule has 1 saturated heterocycles. The molecule has 1 N–H and O–H groups in total. The molecule has 0 unspecified atom stereocenters. The first-order valence-corrected chi connectivity index (χ1v) is 11.5. The fourth-order valence-corrected chi connectivity index (χ4v) is 4.43. The van der Waals surface area contributed by atoms with Gasteiger partial charge in [0.2, 0.25) is 5.91 Å². The van der Waals surface area contributed by atoms with E-state index in [-0.39, 0.29) is 36.9 Å². The van der Waals surface area contributed by atoms with Crippen molar-refractivity contribution in [1.82, 2.24) is 14.5 Å². The summed E-state index contributed by atoms with van der Waals surface area (Å²) in [6, 6.07) is 13.5. The predicted molar refractivity (Wildman–Crippen MR) is 130 cm³/mol. The molecule has 1 fully saturated rings. The average molecular weight is 485 g/mol. The quantitative estimate of drug-likeness (QED) is 0.582. The van der Waals surface area contributed by atoms with Gasteiger partial charge in [-0.3, -0.25) is 14.2 Å². The van der Waals surface area contributed by atoms with Crippen molar-refractivity contribution in [3.05, 3.63) is 81.0 Å². The minimum Gasteiger partial charge on any atom is -0.396 e. The summed E-state index contributed by atoms with van der Waals surface area (Å²) in [5.41, 5.74) is 1.68. The third-order valence-corrected chi connectivity index (χ3v) is 6.27. The fraction of sp³-hybridized carbons (Fsp3) is 0.320. The number of anilines is 1.